The average Bonchev–Trinajstić information content (AvgIpc) is 2.78. The van der Waals surface area contributed by atoms with E-state index in [9.17, 15) is 14.5 Å². The lowest BCUT2D eigenvalue weighted by molar-refractivity contribution is -0.385. The van der Waals surface area contributed by atoms with Gasteiger partial charge < -0.3 is 5.32 Å². The zero-order chi connectivity index (χ0) is 15.4. The first kappa shape index (κ1) is 15.1. The Morgan fingerprint density at radius 1 is 1.38 bits per heavy atom. The number of halogens is 1. The highest BCUT2D eigenvalue weighted by Gasteiger charge is 2.10. The number of nitro groups is 1. The van der Waals surface area contributed by atoms with Crippen molar-refractivity contribution in [2.75, 3.05) is 0 Å². The molecule has 21 heavy (non-hydrogen) atoms. The molecule has 0 saturated heterocycles. The Morgan fingerprint density at radius 2 is 2.14 bits per heavy atom. The van der Waals surface area contributed by atoms with Gasteiger partial charge in [0.05, 0.1) is 16.7 Å². The average molecular weight is 292 g/mol. The fourth-order valence-electron chi connectivity index (χ4n) is 2.21. The van der Waals surface area contributed by atoms with Gasteiger partial charge in [-0.2, -0.15) is 5.10 Å². The van der Waals surface area contributed by atoms with Crippen LogP contribution in [-0.2, 0) is 26.6 Å². The van der Waals surface area contributed by atoms with Crippen molar-refractivity contribution in [3.05, 3.63) is 57.1 Å². The van der Waals surface area contributed by atoms with Crippen molar-refractivity contribution in [3.8, 4) is 0 Å². The van der Waals surface area contributed by atoms with Crippen LogP contribution in [-0.4, -0.2) is 14.7 Å². The molecule has 6 nitrogen and oxygen atoms in total. The molecule has 0 unspecified atom stereocenters. The summed E-state index contributed by atoms with van der Waals surface area (Å²) in [5.74, 6) is -0.600. The maximum Gasteiger partial charge on any atom is 0.272 e. The molecule has 2 rings (SSSR count). The molecule has 0 bridgehead atoms. The highest BCUT2D eigenvalue weighted by Crippen LogP contribution is 2.16. The highest BCUT2D eigenvalue weighted by molar-refractivity contribution is 5.35. The van der Waals surface area contributed by atoms with Crippen molar-refractivity contribution in [3.63, 3.8) is 0 Å². The largest absolute Gasteiger partial charge is 0.308 e. The first-order valence-corrected chi connectivity index (χ1v) is 6.65. The number of non-ortho nitro benzene ring substituents is 1. The first-order chi connectivity index (χ1) is 9.99. The molecule has 0 saturated carbocycles. The van der Waals surface area contributed by atoms with Crippen LogP contribution in [0, 0.1) is 15.9 Å². The molecule has 7 heteroatoms. The Kier molecular flexibility index (Phi) is 4.64. The van der Waals surface area contributed by atoms with Gasteiger partial charge in [-0.05, 0) is 18.1 Å². The molecule has 0 aliphatic heterocycles. The van der Waals surface area contributed by atoms with E-state index in [-0.39, 0.29) is 5.69 Å². The van der Waals surface area contributed by atoms with Crippen LogP contribution in [0.25, 0.3) is 0 Å². The van der Waals surface area contributed by atoms with E-state index < -0.39 is 10.7 Å². The van der Waals surface area contributed by atoms with Gasteiger partial charge in [-0.3, -0.25) is 14.8 Å². The number of hydrogen-bond acceptors (Lipinski definition) is 4. The van der Waals surface area contributed by atoms with E-state index in [1.165, 1.54) is 12.1 Å². The van der Waals surface area contributed by atoms with Gasteiger partial charge in [0.2, 0.25) is 0 Å². The summed E-state index contributed by atoms with van der Waals surface area (Å²) in [6, 6.07) is 3.59. The lowest BCUT2D eigenvalue weighted by atomic mass is 10.1. The summed E-state index contributed by atoms with van der Waals surface area (Å²) in [7, 11) is 1.86. The van der Waals surface area contributed by atoms with Crippen molar-refractivity contribution in [1.82, 2.24) is 15.1 Å². The van der Waals surface area contributed by atoms with Gasteiger partial charge in [0.1, 0.15) is 5.82 Å². The van der Waals surface area contributed by atoms with Gasteiger partial charge in [0, 0.05) is 38.0 Å². The highest BCUT2D eigenvalue weighted by atomic mass is 19.1. The van der Waals surface area contributed by atoms with E-state index in [4.69, 9.17) is 0 Å². The van der Waals surface area contributed by atoms with Gasteiger partial charge in [-0.15, -0.1) is 0 Å². The van der Waals surface area contributed by atoms with E-state index in [1.54, 1.807) is 4.68 Å². The second-order valence-corrected chi connectivity index (χ2v) is 4.81. The molecule has 0 spiro atoms. The van der Waals surface area contributed by atoms with E-state index in [0.717, 1.165) is 23.7 Å². The Labute approximate surface area is 121 Å². The zero-order valence-electron chi connectivity index (χ0n) is 12.0. The van der Waals surface area contributed by atoms with Crippen molar-refractivity contribution in [2.24, 2.45) is 7.05 Å². The molecular weight excluding hydrogens is 275 g/mol. The Bertz CT molecular complexity index is 654. The van der Waals surface area contributed by atoms with Crippen LogP contribution in [0.15, 0.2) is 24.4 Å². The van der Waals surface area contributed by atoms with Gasteiger partial charge in [0.15, 0.2) is 0 Å². The molecule has 1 aromatic heterocycles. The summed E-state index contributed by atoms with van der Waals surface area (Å²) >= 11 is 0. The predicted octanol–water partition coefficient (Wildman–Crippen LogP) is 2.32. The number of nitrogens with one attached hydrogen (secondary N) is 1. The minimum atomic E-state index is -0.600. The summed E-state index contributed by atoms with van der Waals surface area (Å²) in [5.41, 5.74) is 2.40. The normalized spacial score (nSPS) is 10.8. The fraction of sp³-hybridized carbons (Fsp3) is 0.357. The van der Waals surface area contributed by atoms with Crippen LogP contribution in [0.3, 0.4) is 0 Å². The van der Waals surface area contributed by atoms with Crippen LogP contribution in [0.2, 0.25) is 0 Å². The molecule has 1 heterocycles. The van der Waals surface area contributed by atoms with Crippen LogP contribution >= 0.6 is 0 Å². The van der Waals surface area contributed by atoms with Crippen LogP contribution < -0.4 is 5.32 Å². The molecule has 0 fully saturated rings. The van der Waals surface area contributed by atoms with Gasteiger partial charge in [0.25, 0.3) is 5.69 Å². The summed E-state index contributed by atoms with van der Waals surface area (Å²) in [6.07, 6.45) is 2.77. The molecule has 0 radical (unpaired) electrons. The van der Waals surface area contributed by atoms with E-state index >= 15 is 0 Å². The van der Waals surface area contributed by atoms with Crippen molar-refractivity contribution < 1.29 is 9.31 Å². The Balaban J connectivity index is 2.01. The second-order valence-electron chi connectivity index (χ2n) is 4.81. The molecule has 2 aromatic rings. The Morgan fingerprint density at radius 3 is 2.81 bits per heavy atom. The molecule has 0 aliphatic rings. The molecular formula is C14H17FN4O2. The number of aromatic nitrogens is 2. The van der Waals surface area contributed by atoms with Gasteiger partial charge >= 0.3 is 0 Å². The summed E-state index contributed by atoms with van der Waals surface area (Å²) in [4.78, 5) is 10.1. The van der Waals surface area contributed by atoms with Gasteiger partial charge in [-0.25, -0.2) is 4.39 Å². The van der Waals surface area contributed by atoms with E-state index in [2.05, 4.69) is 10.4 Å². The van der Waals surface area contributed by atoms with Crippen molar-refractivity contribution in [2.45, 2.75) is 26.4 Å². The van der Waals surface area contributed by atoms with E-state index in [0.29, 0.717) is 18.7 Å². The number of benzene rings is 1. The lowest BCUT2D eigenvalue weighted by Crippen LogP contribution is -2.13. The number of hydrogen-bond donors (Lipinski definition) is 1. The number of aryl methyl sites for hydroxylation is 2. The van der Waals surface area contributed by atoms with Gasteiger partial charge in [-0.1, -0.05) is 6.92 Å². The minimum Gasteiger partial charge on any atom is -0.308 e. The molecule has 1 N–H and O–H groups in total. The third kappa shape index (κ3) is 3.85. The standard InChI is InChI=1S/C14H17FN4O2/c1-3-14-11(9-18(2)17-14)8-16-7-10-4-12(15)6-13(5-10)19(20)21/h4-6,9,16H,3,7-8H2,1-2H3. The summed E-state index contributed by atoms with van der Waals surface area (Å²) in [6.45, 7) is 2.97. The van der Waals surface area contributed by atoms with Crippen molar-refractivity contribution in [1.29, 1.82) is 0 Å². The van der Waals surface area contributed by atoms with Crippen LogP contribution in [0.1, 0.15) is 23.7 Å². The third-order valence-corrected chi connectivity index (χ3v) is 3.12. The quantitative estimate of drug-likeness (QED) is 0.655. The predicted molar refractivity (Wildman–Crippen MR) is 76.2 cm³/mol. The number of rotatable bonds is 6. The summed E-state index contributed by atoms with van der Waals surface area (Å²) < 4.78 is 15.1. The first-order valence-electron chi connectivity index (χ1n) is 6.65. The van der Waals surface area contributed by atoms with Crippen LogP contribution in [0.5, 0.6) is 0 Å². The molecule has 112 valence electrons. The molecule has 1 aromatic carbocycles. The smallest absolute Gasteiger partial charge is 0.272 e. The van der Waals surface area contributed by atoms with Crippen molar-refractivity contribution >= 4 is 5.69 Å². The number of nitro benzene ring substituents is 1. The van der Waals surface area contributed by atoms with E-state index in [1.807, 2.05) is 20.2 Å². The molecule has 0 aliphatic carbocycles. The third-order valence-electron chi connectivity index (χ3n) is 3.12. The monoisotopic (exact) mass is 292 g/mol. The number of nitrogens with zero attached hydrogens (tertiary/aromatic N) is 3. The minimum absolute atomic E-state index is 0.234. The fourth-order valence-corrected chi connectivity index (χ4v) is 2.21. The topological polar surface area (TPSA) is 73.0 Å². The lowest BCUT2D eigenvalue weighted by Gasteiger charge is -2.05. The zero-order valence-corrected chi connectivity index (χ0v) is 12.0. The SMILES string of the molecule is CCc1nn(C)cc1CNCc1cc(F)cc([N+](=O)[O-])c1. The maximum atomic E-state index is 13.3. The summed E-state index contributed by atoms with van der Waals surface area (Å²) in [5, 5.41) is 18.2. The second kappa shape index (κ2) is 6.45. The van der Waals surface area contributed by atoms with Crippen LogP contribution in [0.4, 0.5) is 10.1 Å². The Hall–Kier alpha value is -2.28. The maximum absolute atomic E-state index is 13.3. The molecule has 0 amide bonds. The molecule has 0 atom stereocenters.